The van der Waals surface area contributed by atoms with Crippen LogP contribution in [0.3, 0.4) is 0 Å². The van der Waals surface area contributed by atoms with Crippen molar-refractivity contribution < 1.29 is 27.5 Å². The van der Waals surface area contributed by atoms with E-state index in [1.165, 1.54) is 32.4 Å². The third-order valence-electron chi connectivity index (χ3n) is 4.49. The highest BCUT2D eigenvalue weighted by molar-refractivity contribution is 7.89. The van der Waals surface area contributed by atoms with Gasteiger partial charge in [-0.3, -0.25) is 0 Å². The van der Waals surface area contributed by atoms with E-state index in [-0.39, 0.29) is 22.1 Å². The first-order chi connectivity index (χ1) is 12.9. The average Bonchev–Trinajstić information content (AvgIpc) is 3.08. The molecule has 7 nitrogen and oxygen atoms in total. The Kier molecular flexibility index (Phi) is 5.29. The van der Waals surface area contributed by atoms with E-state index < -0.39 is 22.0 Å². The second kappa shape index (κ2) is 7.50. The molecule has 1 N–H and O–H groups in total. The van der Waals surface area contributed by atoms with Crippen molar-refractivity contribution in [1.29, 1.82) is 0 Å². The van der Waals surface area contributed by atoms with E-state index in [0.717, 1.165) is 17.5 Å². The Balaban J connectivity index is 1.98. The van der Waals surface area contributed by atoms with Crippen LogP contribution in [0.2, 0.25) is 0 Å². The van der Waals surface area contributed by atoms with Gasteiger partial charge in [0.2, 0.25) is 10.0 Å². The maximum absolute atomic E-state index is 12.9. The van der Waals surface area contributed by atoms with Gasteiger partial charge in [0.1, 0.15) is 0 Å². The molecule has 0 aliphatic heterocycles. The number of rotatable bonds is 5. The molecule has 1 aliphatic rings. The first kappa shape index (κ1) is 19.1. The molecule has 142 valence electrons. The van der Waals surface area contributed by atoms with Crippen molar-refractivity contribution in [2.45, 2.75) is 23.8 Å². The minimum Gasteiger partial charge on any atom is -0.465 e. The summed E-state index contributed by atoms with van der Waals surface area (Å²) in [4.78, 5) is 23.5. The normalized spacial score (nSPS) is 15.9. The zero-order chi connectivity index (χ0) is 19.6. The van der Waals surface area contributed by atoms with Crippen molar-refractivity contribution in [1.82, 2.24) is 4.72 Å². The SMILES string of the molecule is COC(=O)c1cc(C(=O)OC)cc(S(=O)(=O)N[C@H]2CCc3ccccc32)c1. The van der Waals surface area contributed by atoms with Gasteiger partial charge in [0.05, 0.1) is 30.2 Å². The predicted molar refractivity (Wildman–Crippen MR) is 96.9 cm³/mol. The topological polar surface area (TPSA) is 98.8 Å². The Morgan fingerprint density at radius 3 is 2.19 bits per heavy atom. The number of sulfonamides is 1. The summed E-state index contributed by atoms with van der Waals surface area (Å²) in [5.74, 6) is -1.49. The van der Waals surface area contributed by atoms with Crippen LogP contribution in [0.4, 0.5) is 0 Å². The fraction of sp³-hybridized carbons (Fsp3) is 0.263. The molecule has 0 radical (unpaired) electrons. The second-order valence-electron chi connectivity index (χ2n) is 6.14. The molecule has 8 heteroatoms. The van der Waals surface area contributed by atoms with Gasteiger partial charge in [0, 0.05) is 6.04 Å². The largest absolute Gasteiger partial charge is 0.465 e. The van der Waals surface area contributed by atoms with Crippen LogP contribution in [0.15, 0.2) is 47.4 Å². The van der Waals surface area contributed by atoms with E-state index in [9.17, 15) is 18.0 Å². The van der Waals surface area contributed by atoms with Crippen LogP contribution in [-0.4, -0.2) is 34.6 Å². The van der Waals surface area contributed by atoms with Gasteiger partial charge >= 0.3 is 11.9 Å². The number of nitrogens with one attached hydrogen (secondary N) is 1. The molecule has 2 aromatic rings. The fourth-order valence-corrected chi connectivity index (χ4v) is 4.48. The van der Waals surface area contributed by atoms with Crippen molar-refractivity contribution in [3.63, 3.8) is 0 Å². The van der Waals surface area contributed by atoms with E-state index in [1.807, 2.05) is 24.3 Å². The van der Waals surface area contributed by atoms with Gasteiger partial charge in [-0.1, -0.05) is 24.3 Å². The fourth-order valence-electron chi connectivity index (χ4n) is 3.16. The predicted octanol–water partition coefficient (Wildman–Crippen LogP) is 2.23. The lowest BCUT2D eigenvalue weighted by Crippen LogP contribution is -2.28. The van der Waals surface area contributed by atoms with Crippen molar-refractivity contribution in [3.05, 3.63) is 64.7 Å². The summed E-state index contributed by atoms with van der Waals surface area (Å²) in [6, 6.07) is 10.9. The van der Waals surface area contributed by atoms with Crippen LogP contribution in [0, 0.1) is 0 Å². The second-order valence-corrected chi connectivity index (χ2v) is 7.85. The quantitative estimate of drug-likeness (QED) is 0.788. The minimum absolute atomic E-state index is 0.0485. The third-order valence-corrected chi connectivity index (χ3v) is 5.94. The number of carbonyl (C=O) groups excluding carboxylic acids is 2. The monoisotopic (exact) mass is 389 g/mol. The molecule has 0 saturated heterocycles. The highest BCUT2D eigenvalue weighted by atomic mass is 32.2. The maximum Gasteiger partial charge on any atom is 0.337 e. The van der Waals surface area contributed by atoms with Gasteiger partial charge in [-0.2, -0.15) is 0 Å². The number of ether oxygens (including phenoxy) is 2. The number of methoxy groups -OCH3 is 2. The van der Waals surface area contributed by atoms with Gasteiger partial charge in [-0.15, -0.1) is 0 Å². The van der Waals surface area contributed by atoms with Crippen LogP contribution in [0.5, 0.6) is 0 Å². The van der Waals surface area contributed by atoms with Crippen molar-refractivity contribution in [3.8, 4) is 0 Å². The summed E-state index contributed by atoms with van der Waals surface area (Å²) in [7, 11) is -1.63. The summed E-state index contributed by atoms with van der Waals surface area (Å²) in [6.45, 7) is 0. The lowest BCUT2D eigenvalue weighted by atomic mass is 10.1. The highest BCUT2D eigenvalue weighted by Gasteiger charge is 2.28. The molecular weight excluding hydrogens is 370 g/mol. The zero-order valence-corrected chi connectivity index (χ0v) is 15.7. The van der Waals surface area contributed by atoms with E-state index >= 15 is 0 Å². The Labute approximate surface area is 157 Å². The molecule has 0 saturated carbocycles. The number of hydrogen-bond acceptors (Lipinski definition) is 6. The summed E-state index contributed by atoms with van der Waals surface area (Å²) >= 11 is 0. The number of fused-ring (bicyclic) bond motifs is 1. The molecule has 2 aromatic carbocycles. The summed E-state index contributed by atoms with van der Waals surface area (Å²) in [6.07, 6.45) is 1.41. The third kappa shape index (κ3) is 3.86. The van der Waals surface area contributed by atoms with Crippen LogP contribution in [-0.2, 0) is 25.9 Å². The van der Waals surface area contributed by atoms with Gasteiger partial charge in [0.15, 0.2) is 0 Å². The van der Waals surface area contributed by atoms with E-state index in [4.69, 9.17) is 0 Å². The molecule has 0 fully saturated rings. The lowest BCUT2D eigenvalue weighted by molar-refractivity contribution is 0.0598. The maximum atomic E-state index is 12.9. The minimum atomic E-state index is -3.98. The molecule has 0 spiro atoms. The smallest absolute Gasteiger partial charge is 0.337 e. The number of aryl methyl sites for hydroxylation is 1. The van der Waals surface area contributed by atoms with Gasteiger partial charge < -0.3 is 9.47 Å². The first-order valence-corrected chi connectivity index (χ1v) is 9.76. The Bertz CT molecular complexity index is 965. The standard InChI is InChI=1S/C19H19NO6S/c1-25-18(21)13-9-14(19(22)26-2)11-15(10-13)27(23,24)20-17-8-7-12-5-3-4-6-16(12)17/h3-6,9-11,17,20H,7-8H2,1-2H3/t17-/m0/s1. The highest BCUT2D eigenvalue weighted by Crippen LogP contribution is 2.32. The zero-order valence-electron chi connectivity index (χ0n) is 14.9. The molecule has 0 aromatic heterocycles. The molecule has 0 amide bonds. The molecule has 0 unspecified atom stereocenters. The number of carbonyl (C=O) groups is 2. The number of esters is 2. The summed E-state index contributed by atoms with van der Waals surface area (Å²) < 4.78 is 37.8. The van der Waals surface area contributed by atoms with Crippen molar-refractivity contribution in [2.75, 3.05) is 14.2 Å². The Hall–Kier alpha value is -2.71. The number of hydrogen-bond donors (Lipinski definition) is 1. The Morgan fingerprint density at radius 2 is 1.59 bits per heavy atom. The van der Waals surface area contributed by atoms with Crippen LogP contribution in [0.25, 0.3) is 0 Å². The number of benzene rings is 2. The molecule has 1 aliphatic carbocycles. The van der Waals surface area contributed by atoms with E-state index in [2.05, 4.69) is 14.2 Å². The molecule has 1 atom stereocenters. The summed E-state index contributed by atoms with van der Waals surface area (Å²) in [5.41, 5.74) is 1.93. The molecule has 3 rings (SSSR count). The summed E-state index contributed by atoms with van der Waals surface area (Å²) in [5, 5.41) is 0. The lowest BCUT2D eigenvalue weighted by Gasteiger charge is -2.15. The van der Waals surface area contributed by atoms with Gasteiger partial charge in [0.25, 0.3) is 0 Å². The van der Waals surface area contributed by atoms with E-state index in [0.29, 0.717) is 6.42 Å². The molecule has 0 bridgehead atoms. The van der Waals surface area contributed by atoms with Crippen LogP contribution in [0.1, 0.15) is 44.3 Å². The first-order valence-electron chi connectivity index (χ1n) is 8.27. The van der Waals surface area contributed by atoms with Gasteiger partial charge in [-0.25, -0.2) is 22.7 Å². The average molecular weight is 389 g/mol. The van der Waals surface area contributed by atoms with Crippen molar-refractivity contribution in [2.24, 2.45) is 0 Å². The molecule has 0 heterocycles. The van der Waals surface area contributed by atoms with Crippen LogP contribution >= 0.6 is 0 Å². The van der Waals surface area contributed by atoms with Gasteiger partial charge in [-0.05, 0) is 42.2 Å². The molecule has 27 heavy (non-hydrogen) atoms. The Morgan fingerprint density at radius 1 is 1.00 bits per heavy atom. The molecular formula is C19H19NO6S. The van der Waals surface area contributed by atoms with Crippen molar-refractivity contribution >= 4 is 22.0 Å². The van der Waals surface area contributed by atoms with Crippen LogP contribution < -0.4 is 4.72 Å². The van der Waals surface area contributed by atoms with E-state index in [1.54, 1.807) is 0 Å².